The van der Waals surface area contributed by atoms with Crippen molar-refractivity contribution in [2.75, 3.05) is 18.9 Å². The molecular formula is C11H13ClN2O3. The van der Waals surface area contributed by atoms with Crippen LogP contribution in [-0.4, -0.2) is 35.6 Å². The Labute approximate surface area is 104 Å². The van der Waals surface area contributed by atoms with E-state index in [1.54, 1.807) is 7.05 Å². The molecule has 0 radical (unpaired) electrons. The van der Waals surface area contributed by atoms with Crippen molar-refractivity contribution < 1.29 is 14.7 Å². The van der Waals surface area contributed by atoms with Crippen molar-refractivity contribution in [3.8, 4) is 0 Å². The van der Waals surface area contributed by atoms with E-state index >= 15 is 0 Å². The molecule has 0 atom stereocenters. The number of carboxylic acid groups (broad SMARTS) is 1. The van der Waals surface area contributed by atoms with E-state index in [0.717, 1.165) is 0 Å². The highest BCUT2D eigenvalue weighted by Gasteiger charge is 2.11. The van der Waals surface area contributed by atoms with Gasteiger partial charge in [-0.2, -0.15) is 0 Å². The number of carbonyl (C=O) groups excluding carboxylic acids is 1. The fourth-order valence-corrected chi connectivity index (χ4v) is 1.27. The number of hydrogen-bond acceptors (Lipinski definition) is 2. The third kappa shape index (κ3) is 3.35. The number of halogens is 1. The third-order valence-corrected chi connectivity index (χ3v) is 2.61. The van der Waals surface area contributed by atoms with Crippen molar-refractivity contribution in [1.29, 1.82) is 0 Å². The van der Waals surface area contributed by atoms with Gasteiger partial charge in [-0.05, 0) is 25.1 Å². The van der Waals surface area contributed by atoms with Crippen LogP contribution in [0.1, 0.15) is 17.3 Å². The summed E-state index contributed by atoms with van der Waals surface area (Å²) in [6.45, 7) is 2.37. The summed E-state index contributed by atoms with van der Waals surface area (Å²) >= 11 is 5.87. The van der Waals surface area contributed by atoms with E-state index in [0.29, 0.717) is 11.6 Å². The molecule has 6 heteroatoms. The zero-order valence-corrected chi connectivity index (χ0v) is 10.3. The van der Waals surface area contributed by atoms with E-state index in [4.69, 9.17) is 16.7 Å². The van der Waals surface area contributed by atoms with Gasteiger partial charge in [0, 0.05) is 13.6 Å². The van der Waals surface area contributed by atoms with Crippen LogP contribution in [0.25, 0.3) is 0 Å². The average Bonchev–Trinajstić information content (AvgIpc) is 2.30. The van der Waals surface area contributed by atoms with Gasteiger partial charge < -0.3 is 15.3 Å². The van der Waals surface area contributed by atoms with Crippen molar-refractivity contribution >= 4 is 29.3 Å². The number of anilines is 1. The standard InChI is InChI=1S/C11H13ClN2O3/c1-3-14(2)11(17)13-9-6-7(10(15)16)4-5-8(9)12/h4-6H,3H2,1-2H3,(H,13,17)(H,15,16). The van der Waals surface area contributed by atoms with Crippen LogP contribution in [0, 0.1) is 0 Å². The Kier molecular flexibility index (Phi) is 4.34. The Morgan fingerprint density at radius 3 is 2.65 bits per heavy atom. The molecule has 17 heavy (non-hydrogen) atoms. The average molecular weight is 257 g/mol. The van der Waals surface area contributed by atoms with Crippen molar-refractivity contribution in [3.63, 3.8) is 0 Å². The first-order chi connectivity index (χ1) is 7.95. The van der Waals surface area contributed by atoms with Crippen LogP contribution in [0.2, 0.25) is 5.02 Å². The molecule has 0 unspecified atom stereocenters. The van der Waals surface area contributed by atoms with Crippen molar-refractivity contribution in [2.24, 2.45) is 0 Å². The van der Waals surface area contributed by atoms with Crippen LogP contribution in [0.4, 0.5) is 10.5 Å². The molecule has 1 rings (SSSR count). The third-order valence-electron chi connectivity index (χ3n) is 2.28. The summed E-state index contributed by atoms with van der Waals surface area (Å²) in [5.41, 5.74) is 0.362. The number of nitrogens with zero attached hydrogens (tertiary/aromatic N) is 1. The van der Waals surface area contributed by atoms with Crippen LogP contribution in [0.15, 0.2) is 18.2 Å². The number of carboxylic acids is 1. The molecule has 5 nitrogen and oxygen atoms in total. The Hall–Kier alpha value is -1.75. The van der Waals surface area contributed by atoms with Gasteiger partial charge >= 0.3 is 12.0 Å². The van der Waals surface area contributed by atoms with Gasteiger partial charge in [-0.25, -0.2) is 9.59 Å². The molecule has 92 valence electrons. The summed E-state index contributed by atoms with van der Waals surface area (Å²) < 4.78 is 0. The van der Waals surface area contributed by atoms with E-state index in [2.05, 4.69) is 5.32 Å². The second-order valence-electron chi connectivity index (χ2n) is 3.44. The molecule has 1 aromatic carbocycles. The summed E-state index contributed by atoms with van der Waals surface area (Å²) in [5, 5.41) is 11.7. The highest BCUT2D eigenvalue weighted by atomic mass is 35.5. The van der Waals surface area contributed by atoms with E-state index in [-0.39, 0.29) is 17.3 Å². The summed E-state index contributed by atoms with van der Waals surface area (Å²) in [4.78, 5) is 23.8. The fourth-order valence-electron chi connectivity index (χ4n) is 1.11. The van der Waals surface area contributed by atoms with Crippen molar-refractivity contribution in [1.82, 2.24) is 4.90 Å². The summed E-state index contributed by atoms with van der Waals surface area (Å²) in [7, 11) is 1.63. The quantitative estimate of drug-likeness (QED) is 0.873. The molecule has 2 N–H and O–H groups in total. The van der Waals surface area contributed by atoms with Crippen molar-refractivity contribution in [2.45, 2.75) is 6.92 Å². The smallest absolute Gasteiger partial charge is 0.335 e. The predicted molar refractivity (Wildman–Crippen MR) is 65.7 cm³/mol. The number of urea groups is 1. The topological polar surface area (TPSA) is 69.6 Å². The van der Waals surface area contributed by atoms with E-state index < -0.39 is 5.97 Å². The monoisotopic (exact) mass is 256 g/mol. The maximum Gasteiger partial charge on any atom is 0.335 e. The first kappa shape index (κ1) is 13.3. The molecule has 0 saturated carbocycles. The van der Waals surface area contributed by atoms with Gasteiger partial charge in [-0.1, -0.05) is 11.6 Å². The van der Waals surface area contributed by atoms with Gasteiger partial charge in [0.2, 0.25) is 0 Å². The van der Waals surface area contributed by atoms with E-state index in [9.17, 15) is 9.59 Å². The second-order valence-corrected chi connectivity index (χ2v) is 3.85. The fraction of sp³-hybridized carbons (Fsp3) is 0.273. The number of benzene rings is 1. The molecule has 0 aliphatic carbocycles. The number of carbonyl (C=O) groups is 2. The molecule has 0 aliphatic heterocycles. The lowest BCUT2D eigenvalue weighted by atomic mass is 10.2. The molecule has 1 aromatic rings. The van der Waals surface area contributed by atoms with Gasteiger partial charge in [0.25, 0.3) is 0 Å². The normalized spacial score (nSPS) is 9.82. The number of aromatic carboxylic acids is 1. The molecule has 0 fully saturated rings. The van der Waals surface area contributed by atoms with Gasteiger partial charge in [-0.3, -0.25) is 0 Å². The Bertz CT molecular complexity index is 448. The minimum Gasteiger partial charge on any atom is -0.478 e. The number of nitrogens with one attached hydrogen (secondary N) is 1. The first-order valence-corrected chi connectivity index (χ1v) is 5.38. The molecule has 0 saturated heterocycles. The lowest BCUT2D eigenvalue weighted by Crippen LogP contribution is -2.31. The number of hydrogen-bond donors (Lipinski definition) is 2. The zero-order valence-electron chi connectivity index (χ0n) is 9.53. The zero-order chi connectivity index (χ0) is 13.0. The predicted octanol–water partition coefficient (Wildman–Crippen LogP) is 2.52. The van der Waals surface area contributed by atoms with Crippen LogP contribution >= 0.6 is 11.6 Å². The molecule has 0 spiro atoms. The van der Waals surface area contributed by atoms with Gasteiger partial charge in [0.1, 0.15) is 0 Å². The first-order valence-electron chi connectivity index (χ1n) is 5.00. The largest absolute Gasteiger partial charge is 0.478 e. The SMILES string of the molecule is CCN(C)C(=O)Nc1cc(C(=O)O)ccc1Cl. The minimum absolute atomic E-state index is 0.0730. The minimum atomic E-state index is -1.07. The summed E-state index contributed by atoms with van der Waals surface area (Å²) in [5.74, 6) is -1.07. The van der Waals surface area contributed by atoms with E-state index in [1.165, 1.54) is 23.1 Å². The molecule has 2 amide bonds. The molecule has 0 bridgehead atoms. The van der Waals surface area contributed by atoms with Crippen molar-refractivity contribution in [3.05, 3.63) is 28.8 Å². The lowest BCUT2D eigenvalue weighted by molar-refractivity contribution is 0.0697. The highest BCUT2D eigenvalue weighted by Crippen LogP contribution is 2.23. The number of rotatable bonds is 3. The highest BCUT2D eigenvalue weighted by molar-refractivity contribution is 6.33. The van der Waals surface area contributed by atoms with Crippen LogP contribution < -0.4 is 5.32 Å². The second kappa shape index (κ2) is 5.54. The van der Waals surface area contributed by atoms with Crippen LogP contribution in [0.3, 0.4) is 0 Å². The maximum atomic E-state index is 11.6. The van der Waals surface area contributed by atoms with Gasteiger partial charge in [-0.15, -0.1) is 0 Å². The number of amides is 2. The summed E-state index contributed by atoms with van der Waals surface area (Å²) in [6.07, 6.45) is 0. The van der Waals surface area contributed by atoms with Gasteiger partial charge in [0.05, 0.1) is 16.3 Å². The lowest BCUT2D eigenvalue weighted by Gasteiger charge is -2.16. The molecule has 0 aromatic heterocycles. The molecular weight excluding hydrogens is 244 g/mol. The van der Waals surface area contributed by atoms with Crippen LogP contribution in [0.5, 0.6) is 0 Å². The Morgan fingerprint density at radius 1 is 1.47 bits per heavy atom. The Balaban J connectivity index is 2.94. The summed E-state index contributed by atoms with van der Waals surface area (Å²) in [6, 6.07) is 3.81. The Morgan fingerprint density at radius 2 is 2.12 bits per heavy atom. The molecule has 0 aliphatic rings. The van der Waals surface area contributed by atoms with Crippen LogP contribution in [-0.2, 0) is 0 Å². The van der Waals surface area contributed by atoms with Gasteiger partial charge in [0.15, 0.2) is 0 Å². The van der Waals surface area contributed by atoms with E-state index in [1.807, 2.05) is 6.92 Å². The maximum absolute atomic E-state index is 11.6. The molecule has 0 heterocycles.